The molecular formula is C56H83N9O9. The quantitative estimate of drug-likeness (QED) is 0.111. The average Bonchev–Trinajstić information content (AvgIpc) is 3.96. The van der Waals surface area contributed by atoms with Crippen LogP contribution in [0.5, 0.6) is 0 Å². The summed E-state index contributed by atoms with van der Waals surface area (Å²) in [5, 5.41) is 15.1. The number of carbonyl (C=O) groups is 8. The lowest BCUT2D eigenvalue weighted by Crippen LogP contribution is -2.60. The fourth-order valence-electron chi connectivity index (χ4n) is 10.7. The van der Waals surface area contributed by atoms with E-state index >= 15 is 0 Å². The molecule has 0 bridgehead atoms. The molecule has 18 nitrogen and oxygen atoms in total. The highest BCUT2D eigenvalue weighted by Gasteiger charge is 2.47. The molecule has 8 amide bonds. The van der Waals surface area contributed by atoms with Crippen LogP contribution in [0.15, 0.2) is 48.5 Å². The SMILES string of the molecule is C[C@H]1C[C@@H](C(=O)N[C@@H]2CCCc3ccccc32)N(C(=O)[C@@H](N)CCCNC(=O)CCCC(=O)N[C@H]2C[C@@H](C(=O)N[C@@H]3CCCc4ccccc43)N(C(=O)[C@@H](NC(=O)[C@H](C)N(C)C(=O)OC(C)(C)C)C(C)(C)C)C2)C1. The number of hydrogen-bond acceptors (Lipinski definition) is 10. The van der Waals surface area contributed by atoms with Crippen molar-refractivity contribution < 1.29 is 43.1 Å². The lowest BCUT2D eigenvalue weighted by Gasteiger charge is -2.37. The minimum Gasteiger partial charge on any atom is -0.444 e. The second-order valence-corrected chi connectivity index (χ2v) is 23.2. The van der Waals surface area contributed by atoms with Crippen LogP contribution in [0.25, 0.3) is 0 Å². The van der Waals surface area contributed by atoms with Gasteiger partial charge in [-0.25, -0.2) is 4.79 Å². The van der Waals surface area contributed by atoms with Gasteiger partial charge in [0.15, 0.2) is 0 Å². The zero-order valence-corrected chi connectivity index (χ0v) is 45.2. The molecule has 2 fully saturated rings. The Morgan fingerprint density at radius 3 is 1.84 bits per heavy atom. The molecule has 2 aliphatic heterocycles. The lowest BCUT2D eigenvalue weighted by atomic mass is 9.85. The first-order valence-electron chi connectivity index (χ1n) is 26.9. The third kappa shape index (κ3) is 15.1. The number of likely N-dealkylation sites (tertiary alicyclic amines) is 2. The summed E-state index contributed by atoms with van der Waals surface area (Å²) in [6.45, 7) is 14.9. The second-order valence-electron chi connectivity index (χ2n) is 23.2. The normalized spacial score (nSPS) is 22.7. The molecule has 18 heteroatoms. The topological polar surface area (TPSA) is 242 Å². The van der Waals surface area contributed by atoms with E-state index in [0.717, 1.165) is 55.2 Å². The van der Waals surface area contributed by atoms with Crippen LogP contribution in [0.4, 0.5) is 4.79 Å². The molecule has 2 heterocycles. The molecule has 0 aromatic heterocycles. The summed E-state index contributed by atoms with van der Waals surface area (Å²) in [6, 6.07) is 10.7. The summed E-state index contributed by atoms with van der Waals surface area (Å²) in [6.07, 6.45) is 6.42. The molecular weight excluding hydrogens is 943 g/mol. The molecule has 7 N–H and O–H groups in total. The van der Waals surface area contributed by atoms with Crippen LogP contribution < -0.4 is 32.3 Å². The van der Waals surface area contributed by atoms with E-state index in [-0.39, 0.29) is 86.3 Å². The number of rotatable bonds is 18. The Balaban J connectivity index is 0.992. The van der Waals surface area contributed by atoms with Gasteiger partial charge in [0.1, 0.15) is 29.8 Å². The molecule has 0 saturated carbocycles. The van der Waals surface area contributed by atoms with Crippen LogP contribution in [0.2, 0.25) is 0 Å². The Hall–Kier alpha value is -6.04. The minimum atomic E-state index is -1.11. The van der Waals surface area contributed by atoms with Crippen molar-refractivity contribution in [3.63, 3.8) is 0 Å². The highest BCUT2D eigenvalue weighted by molar-refractivity contribution is 5.95. The first-order valence-corrected chi connectivity index (χ1v) is 26.9. The van der Waals surface area contributed by atoms with Crippen LogP contribution in [0.3, 0.4) is 0 Å². The summed E-state index contributed by atoms with van der Waals surface area (Å²) >= 11 is 0. The van der Waals surface area contributed by atoms with Crippen molar-refractivity contribution in [3.8, 4) is 0 Å². The smallest absolute Gasteiger partial charge is 0.410 e. The van der Waals surface area contributed by atoms with Crippen molar-refractivity contribution in [2.45, 2.75) is 193 Å². The van der Waals surface area contributed by atoms with Crippen LogP contribution in [-0.2, 0) is 51.1 Å². The molecule has 2 aromatic carbocycles. The van der Waals surface area contributed by atoms with Crippen molar-refractivity contribution in [1.82, 2.24) is 41.3 Å². The summed E-state index contributed by atoms with van der Waals surface area (Å²) in [4.78, 5) is 113. The molecule has 2 aliphatic carbocycles. The van der Waals surface area contributed by atoms with Gasteiger partial charge in [-0.05, 0) is 132 Å². The van der Waals surface area contributed by atoms with Gasteiger partial charge < -0.3 is 46.9 Å². The third-order valence-electron chi connectivity index (χ3n) is 14.9. The Bertz CT molecular complexity index is 2360. The summed E-state index contributed by atoms with van der Waals surface area (Å²) in [5.41, 5.74) is 9.35. The zero-order valence-electron chi connectivity index (χ0n) is 45.2. The Morgan fingerprint density at radius 2 is 1.27 bits per heavy atom. The first kappa shape index (κ1) is 57.2. The number of nitrogens with two attached hydrogens (primary N) is 1. The van der Waals surface area contributed by atoms with Gasteiger partial charge in [0, 0.05) is 45.6 Å². The molecule has 2 aromatic rings. The Morgan fingerprint density at radius 1 is 0.730 bits per heavy atom. The van der Waals surface area contributed by atoms with Gasteiger partial charge in [-0.1, -0.05) is 76.2 Å². The second kappa shape index (κ2) is 25.0. The summed E-state index contributed by atoms with van der Waals surface area (Å²) in [7, 11) is 1.45. The van der Waals surface area contributed by atoms with Gasteiger partial charge in [-0.2, -0.15) is 0 Å². The number of nitrogens with one attached hydrogen (secondary N) is 5. The number of hydrogen-bond donors (Lipinski definition) is 6. The molecule has 406 valence electrons. The summed E-state index contributed by atoms with van der Waals surface area (Å²) < 4.78 is 5.46. The standard InChI is InChI=1S/C56H83N9O9/c1-34-30-44(50(69)60-42-25-14-20-36-18-10-12-22-39(36)42)64(32-34)52(71)41(57)24-17-29-58-46(66)27-16-28-47(67)59-38-31-45(51(70)61-43-26-15-21-37-19-11-13-23-40(37)43)65(33-38)53(72)48(55(3,4)5)62-49(68)35(2)63(9)54(73)74-56(6,7)8/h10-13,18-19,22-23,34-35,38,41-45,48H,14-17,20-21,24-33,57H2,1-9H3,(H,58,66)(H,59,67)(H,60,69)(H,61,70)(H,62,68)/t34-,35-,38-,41-,42+,43+,44-,45-,48+/m0/s1. The maximum absolute atomic E-state index is 14.7. The maximum atomic E-state index is 14.7. The average molecular weight is 1030 g/mol. The number of likely N-dealkylation sites (N-methyl/N-ethyl adjacent to an activating group) is 1. The van der Waals surface area contributed by atoms with Crippen molar-refractivity contribution in [2.24, 2.45) is 17.1 Å². The molecule has 6 rings (SSSR count). The van der Waals surface area contributed by atoms with Crippen LogP contribution in [0.1, 0.15) is 160 Å². The minimum absolute atomic E-state index is 0.00494. The zero-order chi connectivity index (χ0) is 54.1. The number of nitrogens with zero attached hydrogens (tertiary/aromatic N) is 3. The molecule has 2 saturated heterocycles. The molecule has 9 atom stereocenters. The molecule has 0 unspecified atom stereocenters. The molecule has 0 spiro atoms. The van der Waals surface area contributed by atoms with Crippen LogP contribution in [0, 0.1) is 11.3 Å². The molecule has 74 heavy (non-hydrogen) atoms. The number of benzene rings is 2. The molecule has 0 radical (unpaired) electrons. The predicted octanol–water partition coefficient (Wildman–Crippen LogP) is 4.88. The Kier molecular flexibility index (Phi) is 19.3. The first-order chi connectivity index (χ1) is 34.9. The largest absolute Gasteiger partial charge is 0.444 e. The van der Waals surface area contributed by atoms with E-state index in [1.165, 1.54) is 22.4 Å². The van der Waals surface area contributed by atoms with E-state index in [1.54, 1.807) is 53.4 Å². The van der Waals surface area contributed by atoms with E-state index in [4.69, 9.17) is 10.5 Å². The lowest BCUT2D eigenvalue weighted by molar-refractivity contribution is -0.144. The number of amides is 8. The van der Waals surface area contributed by atoms with Crippen molar-refractivity contribution in [3.05, 3.63) is 70.8 Å². The van der Waals surface area contributed by atoms with Gasteiger partial charge in [-0.15, -0.1) is 0 Å². The van der Waals surface area contributed by atoms with E-state index in [9.17, 15) is 38.4 Å². The van der Waals surface area contributed by atoms with Gasteiger partial charge in [-0.3, -0.25) is 38.5 Å². The summed E-state index contributed by atoms with van der Waals surface area (Å²) in [5.74, 6) is -2.32. The van der Waals surface area contributed by atoms with Crippen molar-refractivity contribution in [2.75, 3.05) is 26.7 Å². The molecule has 4 aliphatic rings. The fourth-order valence-corrected chi connectivity index (χ4v) is 10.7. The van der Waals surface area contributed by atoms with Gasteiger partial charge in [0.2, 0.25) is 41.4 Å². The van der Waals surface area contributed by atoms with Crippen LogP contribution in [-0.4, -0.2) is 131 Å². The number of ether oxygens (including phenoxy) is 1. The van der Waals surface area contributed by atoms with E-state index in [0.29, 0.717) is 25.8 Å². The predicted molar refractivity (Wildman–Crippen MR) is 281 cm³/mol. The fraction of sp³-hybridized carbons (Fsp3) is 0.643. The number of aryl methyl sites for hydroxylation is 2. The van der Waals surface area contributed by atoms with Gasteiger partial charge in [0.25, 0.3) is 0 Å². The van der Waals surface area contributed by atoms with Gasteiger partial charge in [0.05, 0.1) is 18.1 Å². The highest BCUT2D eigenvalue weighted by atomic mass is 16.6. The third-order valence-corrected chi connectivity index (χ3v) is 14.9. The monoisotopic (exact) mass is 1030 g/mol. The van der Waals surface area contributed by atoms with Gasteiger partial charge >= 0.3 is 6.09 Å². The van der Waals surface area contributed by atoms with Crippen molar-refractivity contribution >= 4 is 47.4 Å². The maximum Gasteiger partial charge on any atom is 0.410 e. The van der Waals surface area contributed by atoms with E-state index < -0.39 is 65.2 Å². The number of carbonyl (C=O) groups excluding carboxylic acids is 8. The Labute approximate surface area is 437 Å². The highest BCUT2D eigenvalue weighted by Crippen LogP contribution is 2.33. The van der Waals surface area contributed by atoms with E-state index in [1.807, 2.05) is 37.3 Å². The number of fused-ring (bicyclic) bond motifs is 2. The van der Waals surface area contributed by atoms with Crippen molar-refractivity contribution in [1.29, 1.82) is 0 Å². The van der Waals surface area contributed by atoms with E-state index in [2.05, 4.69) is 44.8 Å². The van der Waals surface area contributed by atoms with Crippen LogP contribution >= 0.6 is 0 Å².